The molecule has 5 heteroatoms. The number of anilines is 1. The summed E-state index contributed by atoms with van der Waals surface area (Å²) >= 11 is 5.74. The van der Waals surface area contributed by atoms with Gasteiger partial charge in [-0.1, -0.05) is 6.07 Å². The predicted octanol–water partition coefficient (Wildman–Crippen LogP) is 2.49. The second kappa shape index (κ2) is 5.59. The first-order chi connectivity index (χ1) is 8.25. The fourth-order valence-corrected chi connectivity index (χ4v) is 1.60. The van der Waals surface area contributed by atoms with E-state index in [0.717, 1.165) is 24.3 Å². The van der Waals surface area contributed by atoms with Crippen LogP contribution in [0.5, 0.6) is 0 Å². The third kappa shape index (κ3) is 3.39. The fraction of sp³-hybridized carbons (Fsp3) is 0.250. The fourth-order valence-electron chi connectivity index (χ4n) is 1.47. The van der Waals surface area contributed by atoms with E-state index in [1.54, 1.807) is 12.4 Å². The van der Waals surface area contributed by atoms with Crippen molar-refractivity contribution in [3.8, 4) is 0 Å². The lowest BCUT2D eigenvalue weighted by atomic mass is 10.2. The summed E-state index contributed by atoms with van der Waals surface area (Å²) in [6.45, 7) is 2.74. The van der Waals surface area contributed by atoms with Gasteiger partial charge in [-0.05, 0) is 36.6 Å². The van der Waals surface area contributed by atoms with Crippen molar-refractivity contribution in [1.82, 2.24) is 15.0 Å². The molecule has 0 fully saturated rings. The van der Waals surface area contributed by atoms with Crippen molar-refractivity contribution in [3.63, 3.8) is 0 Å². The standard InChI is InChI=1S/C12H13ClN4/c1-9-7-16-12(13)17-11(9)15-6-4-10-3-2-5-14-8-10/h2-3,5,7-8H,4,6H2,1H3,(H,15,16,17). The van der Waals surface area contributed by atoms with Crippen LogP contribution in [-0.2, 0) is 6.42 Å². The Morgan fingerprint density at radius 2 is 2.24 bits per heavy atom. The Hall–Kier alpha value is -1.68. The van der Waals surface area contributed by atoms with Crippen LogP contribution in [0, 0.1) is 6.92 Å². The number of hydrogen-bond acceptors (Lipinski definition) is 4. The quantitative estimate of drug-likeness (QED) is 0.845. The molecule has 0 aliphatic heterocycles. The molecule has 0 aromatic carbocycles. The first-order valence-electron chi connectivity index (χ1n) is 5.37. The number of nitrogens with one attached hydrogen (secondary N) is 1. The van der Waals surface area contributed by atoms with E-state index in [4.69, 9.17) is 11.6 Å². The van der Waals surface area contributed by atoms with Gasteiger partial charge in [-0.2, -0.15) is 0 Å². The Morgan fingerprint density at radius 3 is 3.00 bits per heavy atom. The number of aryl methyl sites for hydroxylation is 1. The van der Waals surface area contributed by atoms with Gasteiger partial charge in [0.05, 0.1) is 0 Å². The van der Waals surface area contributed by atoms with E-state index in [-0.39, 0.29) is 5.28 Å². The molecule has 0 aliphatic rings. The van der Waals surface area contributed by atoms with Crippen molar-refractivity contribution in [3.05, 3.63) is 47.1 Å². The molecule has 0 saturated heterocycles. The van der Waals surface area contributed by atoms with Gasteiger partial charge in [0.1, 0.15) is 5.82 Å². The highest BCUT2D eigenvalue weighted by Gasteiger charge is 2.01. The van der Waals surface area contributed by atoms with Gasteiger partial charge in [-0.15, -0.1) is 0 Å². The van der Waals surface area contributed by atoms with Crippen LogP contribution < -0.4 is 5.32 Å². The summed E-state index contributed by atoms with van der Waals surface area (Å²) in [5.74, 6) is 0.786. The molecule has 0 unspecified atom stereocenters. The van der Waals surface area contributed by atoms with E-state index in [9.17, 15) is 0 Å². The van der Waals surface area contributed by atoms with Crippen LogP contribution in [0.3, 0.4) is 0 Å². The van der Waals surface area contributed by atoms with Gasteiger partial charge < -0.3 is 5.32 Å². The average Bonchev–Trinajstić information content (AvgIpc) is 2.35. The van der Waals surface area contributed by atoms with Gasteiger partial charge in [-0.25, -0.2) is 9.97 Å². The van der Waals surface area contributed by atoms with E-state index >= 15 is 0 Å². The Kier molecular flexibility index (Phi) is 3.88. The van der Waals surface area contributed by atoms with Gasteiger partial charge in [0.25, 0.3) is 0 Å². The molecule has 2 heterocycles. The average molecular weight is 249 g/mol. The van der Waals surface area contributed by atoms with Crippen LogP contribution in [0.15, 0.2) is 30.7 Å². The zero-order valence-corrected chi connectivity index (χ0v) is 10.3. The van der Waals surface area contributed by atoms with Gasteiger partial charge in [0.2, 0.25) is 5.28 Å². The van der Waals surface area contributed by atoms with Crippen molar-refractivity contribution in [2.75, 3.05) is 11.9 Å². The minimum atomic E-state index is 0.263. The van der Waals surface area contributed by atoms with Crippen LogP contribution in [0.2, 0.25) is 5.28 Å². The molecule has 0 atom stereocenters. The maximum atomic E-state index is 5.74. The Labute approximate surface area is 105 Å². The maximum absolute atomic E-state index is 5.74. The van der Waals surface area contributed by atoms with E-state index in [1.165, 1.54) is 5.56 Å². The van der Waals surface area contributed by atoms with Crippen LogP contribution in [0.25, 0.3) is 0 Å². The third-order valence-corrected chi connectivity index (χ3v) is 2.55. The van der Waals surface area contributed by atoms with Gasteiger partial charge in [-0.3, -0.25) is 4.98 Å². The lowest BCUT2D eigenvalue weighted by Gasteiger charge is -2.07. The number of halogens is 1. The second-order valence-corrected chi connectivity index (χ2v) is 4.05. The summed E-state index contributed by atoms with van der Waals surface area (Å²) in [6.07, 6.45) is 6.24. The van der Waals surface area contributed by atoms with Crippen LogP contribution in [-0.4, -0.2) is 21.5 Å². The Balaban J connectivity index is 1.92. The molecule has 1 N–H and O–H groups in total. The summed E-state index contributed by atoms with van der Waals surface area (Å²) in [5.41, 5.74) is 2.18. The number of pyridine rings is 1. The minimum Gasteiger partial charge on any atom is -0.369 e. The highest BCUT2D eigenvalue weighted by molar-refractivity contribution is 6.28. The van der Waals surface area contributed by atoms with Gasteiger partial charge in [0, 0.05) is 30.7 Å². The normalized spacial score (nSPS) is 10.2. The van der Waals surface area contributed by atoms with Crippen molar-refractivity contribution in [1.29, 1.82) is 0 Å². The van der Waals surface area contributed by atoms with Gasteiger partial charge >= 0.3 is 0 Å². The SMILES string of the molecule is Cc1cnc(Cl)nc1NCCc1cccnc1. The highest BCUT2D eigenvalue weighted by atomic mass is 35.5. The van der Waals surface area contributed by atoms with Gasteiger partial charge in [0.15, 0.2) is 0 Å². The molecule has 2 rings (SSSR count). The molecule has 0 saturated carbocycles. The summed E-state index contributed by atoms with van der Waals surface area (Å²) in [7, 11) is 0. The number of hydrogen-bond donors (Lipinski definition) is 1. The van der Waals surface area contributed by atoms with Crippen LogP contribution >= 0.6 is 11.6 Å². The Bertz CT molecular complexity index is 487. The molecule has 0 amide bonds. The number of rotatable bonds is 4. The van der Waals surface area contributed by atoms with E-state index < -0.39 is 0 Å². The highest BCUT2D eigenvalue weighted by Crippen LogP contribution is 2.12. The molecule has 4 nitrogen and oxygen atoms in total. The Morgan fingerprint density at radius 1 is 1.35 bits per heavy atom. The second-order valence-electron chi connectivity index (χ2n) is 3.71. The number of nitrogens with zero attached hydrogens (tertiary/aromatic N) is 3. The van der Waals surface area contributed by atoms with E-state index in [2.05, 4.69) is 26.3 Å². The molecule has 88 valence electrons. The lowest BCUT2D eigenvalue weighted by molar-refractivity contribution is 0.981. The summed E-state index contributed by atoms with van der Waals surface area (Å²) in [4.78, 5) is 12.1. The molecule has 0 spiro atoms. The molecular formula is C12H13ClN4. The zero-order chi connectivity index (χ0) is 12.1. The largest absolute Gasteiger partial charge is 0.369 e. The first-order valence-corrected chi connectivity index (χ1v) is 5.75. The molecule has 2 aromatic heterocycles. The monoisotopic (exact) mass is 248 g/mol. The lowest BCUT2D eigenvalue weighted by Crippen LogP contribution is -2.08. The van der Waals surface area contributed by atoms with E-state index in [0.29, 0.717) is 0 Å². The summed E-state index contributed by atoms with van der Waals surface area (Å²) in [5, 5.41) is 3.50. The number of aromatic nitrogens is 3. The molecule has 17 heavy (non-hydrogen) atoms. The topological polar surface area (TPSA) is 50.7 Å². The molecule has 2 aromatic rings. The minimum absolute atomic E-state index is 0.263. The first kappa shape index (κ1) is 11.8. The third-order valence-electron chi connectivity index (χ3n) is 2.37. The van der Waals surface area contributed by atoms with E-state index in [1.807, 2.05) is 19.2 Å². The van der Waals surface area contributed by atoms with Crippen LogP contribution in [0.4, 0.5) is 5.82 Å². The van der Waals surface area contributed by atoms with Crippen molar-refractivity contribution < 1.29 is 0 Å². The van der Waals surface area contributed by atoms with Crippen LogP contribution in [0.1, 0.15) is 11.1 Å². The van der Waals surface area contributed by atoms with Crippen molar-refractivity contribution in [2.24, 2.45) is 0 Å². The molecule has 0 bridgehead atoms. The predicted molar refractivity (Wildman–Crippen MR) is 68.2 cm³/mol. The summed E-state index contributed by atoms with van der Waals surface area (Å²) < 4.78 is 0. The summed E-state index contributed by atoms with van der Waals surface area (Å²) in [6, 6.07) is 3.98. The van der Waals surface area contributed by atoms with Crippen molar-refractivity contribution in [2.45, 2.75) is 13.3 Å². The van der Waals surface area contributed by atoms with Crippen molar-refractivity contribution >= 4 is 17.4 Å². The molecule has 0 aliphatic carbocycles. The zero-order valence-electron chi connectivity index (χ0n) is 9.52. The molecule has 0 radical (unpaired) electrons. The smallest absolute Gasteiger partial charge is 0.224 e. The molecular weight excluding hydrogens is 236 g/mol. The maximum Gasteiger partial charge on any atom is 0.224 e.